The van der Waals surface area contributed by atoms with E-state index in [0.29, 0.717) is 12.2 Å². The SMILES string of the molecule is CC(C)(C)CC(C)(C)NC(=O)C1CSC2(C)CCC(=O)N12. The van der Waals surface area contributed by atoms with Crippen molar-refractivity contribution in [3.05, 3.63) is 0 Å². The predicted octanol–water partition coefficient (Wildman–Crippen LogP) is 2.77. The van der Waals surface area contributed by atoms with E-state index in [2.05, 4.69) is 46.9 Å². The zero-order chi connectivity index (χ0) is 16.1. The molecular formula is C16H28N2O2S. The minimum Gasteiger partial charge on any atom is -0.349 e. The van der Waals surface area contributed by atoms with Crippen molar-refractivity contribution < 1.29 is 9.59 Å². The first-order valence-electron chi connectivity index (χ1n) is 7.72. The van der Waals surface area contributed by atoms with Crippen LogP contribution in [0.3, 0.4) is 0 Å². The number of carbonyl (C=O) groups is 2. The number of carbonyl (C=O) groups excluding carboxylic acids is 2. The summed E-state index contributed by atoms with van der Waals surface area (Å²) in [5, 5.41) is 3.16. The van der Waals surface area contributed by atoms with E-state index in [-0.39, 0.29) is 33.7 Å². The van der Waals surface area contributed by atoms with Gasteiger partial charge in [-0.3, -0.25) is 9.59 Å². The third-order valence-corrected chi connectivity index (χ3v) is 5.69. The summed E-state index contributed by atoms with van der Waals surface area (Å²) in [4.78, 5) is 26.4. The smallest absolute Gasteiger partial charge is 0.244 e. The number of rotatable bonds is 3. The number of hydrogen-bond donors (Lipinski definition) is 1. The average molecular weight is 312 g/mol. The Balaban J connectivity index is 2.06. The van der Waals surface area contributed by atoms with E-state index < -0.39 is 0 Å². The van der Waals surface area contributed by atoms with E-state index in [1.54, 1.807) is 11.8 Å². The largest absolute Gasteiger partial charge is 0.349 e. The molecule has 0 aromatic heterocycles. The molecule has 0 aromatic carbocycles. The van der Waals surface area contributed by atoms with Gasteiger partial charge >= 0.3 is 0 Å². The van der Waals surface area contributed by atoms with Crippen LogP contribution in [0.1, 0.15) is 60.8 Å². The van der Waals surface area contributed by atoms with E-state index in [1.807, 2.05) is 4.90 Å². The Bertz CT molecular complexity index is 456. The van der Waals surface area contributed by atoms with Gasteiger partial charge in [0.05, 0.1) is 4.87 Å². The first kappa shape index (κ1) is 16.7. The highest BCUT2D eigenvalue weighted by atomic mass is 32.2. The third-order valence-electron chi connectivity index (χ3n) is 4.18. The fourth-order valence-corrected chi connectivity index (χ4v) is 5.23. The molecule has 2 heterocycles. The minimum absolute atomic E-state index is 0.00396. The maximum Gasteiger partial charge on any atom is 0.244 e. The van der Waals surface area contributed by atoms with Crippen molar-refractivity contribution in [2.75, 3.05) is 5.75 Å². The lowest BCUT2D eigenvalue weighted by Crippen LogP contribution is -2.55. The quantitative estimate of drug-likeness (QED) is 0.872. The van der Waals surface area contributed by atoms with Gasteiger partial charge in [0, 0.05) is 17.7 Å². The summed E-state index contributed by atoms with van der Waals surface area (Å²) in [5.41, 5.74) is -0.110. The van der Waals surface area contributed by atoms with Gasteiger partial charge in [-0.25, -0.2) is 0 Å². The molecule has 2 atom stereocenters. The molecule has 0 aromatic rings. The van der Waals surface area contributed by atoms with Crippen LogP contribution in [0.4, 0.5) is 0 Å². The highest BCUT2D eigenvalue weighted by molar-refractivity contribution is 8.01. The van der Waals surface area contributed by atoms with Crippen LogP contribution in [0, 0.1) is 5.41 Å². The van der Waals surface area contributed by atoms with Crippen molar-refractivity contribution in [3.63, 3.8) is 0 Å². The fraction of sp³-hybridized carbons (Fsp3) is 0.875. The van der Waals surface area contributed by atoms with Crippen LogP contribution in [0.25, 0.3) is 0 Å². The maximum absolute atomic E-state index is 12.7. The van der Waals surface area contributed by atoms with Crippen LogP contribution >= 0.6 is 11.8 Å². The van der Waals surface area contributed by atoms with Gasteiger partial charge in [-0.1, -0.05) is 20.8 Å². The average Bonchev–Trinajstić information content (AvgIpc) is 2.72. The summed E-state index contributed by atoms with van der Waals surface area (Å²) >= 11 is 1.74. The molecule has 2 saturated heterocycles. The monoisotopic (exact) mass is 312 g/mol. The molecule has 0 radical (unpaired) electrons. The van der Waals surface area contributed by atoms with E-state index in [1.165, 1.54) is 0 Å². The Labute approximate surface area is 132 Å². The van der Waals surface area contributed by atoms with Crippen molar-refractivity contribution in [1.82, 2.24) is 10.2 Å². The van der Waals surface area contributed by atoms with E-state index in [4.69, 9.17) is 0 Å². The van der Waals surface area contributed by atoms with Crippen LogP contribution in [0.2, 0.25) is 0 Å². The van der Waals surface area contributed by atoms with Crippen molar-refractivity contribution in [1.29, 1.82) is 0 Å². The van der Waals surface area contributed by atoms with Gasteiger partial charge < -0.3 is 10.2 Å². The third kappa shape index (κ3) is 3.55. The molecule has 5 heteroatoms. The second-order valence-corrected chi connectivity index (χ2v) is 9.88. The van der Waals surface area contributed by atoms with Crippen LogP contribution in [-0.4, -0.2) is 38.9 Å². The molecule has 0 saturated carbocycles. The number of nitrogens with zero attached hydrogens (tertiary/aromatic N) is 1. The van der Waals surface area contributed by atoms with Gasteiger partial charge in [0.15, 0.2) is 0 Å². The molecule has 2 aliphatic heterocycles. The summed E-state index contributed by atoms with van der Waals surface area (Å²) in [7, 11) is 0. The summed E-state index contributed by atoms with van der Waals surface area (Å²) < 4.78 is 0. The number of hydrogen-bond acceptors (Lipinski definition) is 3. The molecule has 2 fully saturated rings. The fourth-order valence-electron chi connectivity index (χ4n) is 3.80. The van der Waals surface area contributed by atoms with E-state index >= 15 is 0 Å². The standard InChI is InChI=1S/C16H28N2O2S/c1-14(2,3)10-15(4,5)17-13(20)11-9-21-16(6)8-7-12(19)18(11)16/h11H,7-10H2,1-6H3,(H,17,20). The van der Waals surface area contributed by atoms with Gasteiger partial charge in [-0.2, -0.15) is 0 Å². The Hall–Kier alpha value is -0.710. The number of amides is 2. The molecule has 2 aliphatic rings. The minimum atomic E-state index is -0.311. The molecule has 0 aliphatic carbocycles. The topological polar surface area (TPSA) is 49.4 Å². The van der Waals surface area contributed by atoms with Gasteiger partial charge in [-0.15, -0.1) is 11.8 Å². The summed E-state index contributed by atoms with van der Waals surface area (Å²) in [6.07, 6.45) is 2.32. The number of thioether (sulfide) groups is 1. The van der Waals surface area contributed by atoms with Crippen molar-refractivity contribution in [2.45, 2.75) is 77.3 Å². The Morgan fingerprint density at radius 2 is 2.00 bits per heavy atom. The molecular weight excluding hydrogens is 284 g/mol. The highest BCUT2D eigenvalue weighted by Gasteiger charge is 2.53. The molecule has 2 amide bonds. The molecule has 2 rings (SSSR count). The molecule has 120 valence electrons. The summed E-state index contributed by atoms with van der Waals surface area (Å²) in [6.45, 7) is 12.7. The van der Waals surface area contributed by atoms with Crippen LogP contribution < -0.4 is 5.32 Å². The van der Waals surface area contributed by atoms with Gasteiger partial charge in [0.1, 0.15) is 6.04 Å². The van der Waals surface area contributed by atoms with Crippen molar-refractivity contribution in [2.24, 2.45) is 5.41 Å². The maximum atomic E-state index is 12.7. The van der Waals surface area contributed by atoms with Gasteiger partial charge in [0.25, 0.3) is 0 Å². The summed E-state index contributed by atoms with van der Waals surface area (Å²) in [5.74, 6) is 0.826. The number of fused-ring (bicyclic) bond motifs is 1. The van der Waals surface area contributed by atoms with Crippen LogP contribution in [-0.2, 0) is 9.59 Å². The second-order valence-electron chi connectivity index (χ2n) is 8.38. The summed E-state index contributed by atoms with van der Waals surface area (Å²) in [6, 6.07) is -0.311. The second kappa shape index (κ2) is 5.18. The molecule has 0 spiro atoms. The van der Waals surface area contributed by atoms with Crippen LogP contribution in [0.5, 0.6) is 0 Å². The zero-order valence-corrected chi connectivity index (χ0v) is 14.9. The number of nitrogens with one attached hydrogen (secondary N) is 1. The Morgan fingerprint density at radius 3 is 2.57 bits per heavy atom. The molecule has 2 unspecified atom stereocenters. The molecule has 1 N–H and O–H groups in total. The van der Waals surface area contributed by atoms with E-state index in [9.17, 15) is 9.59 Å². The van der Waals surface area contributed by atoms with Gasteiger partial charge in [-0.05, 0) is 39.0 Å². The Morgan fingerprint density at radius 1 is 1.38 bits per heavy atom. The molecule has 4 nitrogen and oxygen atoms in total. The van der Waals surface area contributed by atoms with Crippen molar-refractivity contribution in [3.8, 4) is 0 Å². The van der Waals surface area contributed by atoms with E-state index in [0.717, 1.165) is 12.8 Å². The molecule has 0 bridgehead atoms. The lowest BCUT2D eigenvalue weighted by molar-refractivity contribution is -0.138. The molecule has 21 heavy (non-hydrogen) atoms. The zero-order valence-electron chi connectivity index (χ0n) is 14.1. The highest BCUT2D eigenvalue weighted by Crippen LogP contribution is 2.47. The first-order valence-corrected chi connectivity index (χ1v) is 8.70. The predicted molar refractivity (Wildman–Crippen MR) is 87.0 cm³/mol. The lowest BCUT2D eigenvalue weighted by Gasteiger charge is -2.36. The van der Waals surface area contributed by atoms with Gasteiger partial charge in [0.2, 0.25) is 11.8 Å². The van der Waals surface area contributed by atoms with Crippen molar-refractivity contribution >= 4 is 23.6 Å². The normalized spacial score (nSPS) is 29.7. The lowest BCUT2D eigenvalue weighted by atomic mass is 9.81. The Kier molecular flexibility index (Phi) is 4.11. The van der Waals surface area contributed by atoms with Crippen LogP contribution in [0.15, 0.2) is 0 Å². The first-order chi connectivity index (χ1) is 9.44.